The highest BCUT2D eigenvalue weighted by molar-refractivity contribution is 5.05. The van der Waals surface area contributed by atoms with Crippen molar-refractivity contribution in [2.75, 3.05) is 13.1 Å². The standard InChI is InChI=1S/C15H31N3/c1-7-10-17-15(6,12-16)11-14(5)18(9-3)13(4)8-2/h13-14,17H,7-11H2,1-6H3. The van der Waals surface area contributed by atoms with Crippen LogP contribution in [0.15, 0.2) is 0 Å². The fraction of sp³-hybridized carbons (Fsp3) is 0.933. The number of nitrogens with zero attached hydrogens (tertiary/aromatic N) is 2. The van der Waals surface area contributed by atoms with E-state index < -0.39 is 5.54 Å². The molecule has 0 rings (SSSR count). The molecule has 0 spiro atoms. The van der Waals surface area contributed by atoms with Gasteiger partial charge in [0.25, 0.3) is 0 Å². The van der Waals surface area contributed by atoms with Crippen LogP contribution in [0, 0.1) is 11.3 Å². The van der Waals surface area contributed by atoms with Gasteiger partial charge in [0.2, 0.25) is 0 Å². The molecule has 3 atom stereocenters. The molecule has 18 heavy (non-hydrogen) atoms. The smallest absolute Gasteiger partial charge is 0.105 e. The van der Waals surface area contributed by atoms with Gasteiger partial charge in [-0.05, 0) is 53.1 Å². The lowest BCUT2D eigenvalue weighted by Gasteiger charge is -2.37. The van der Waals surface area contributed by atoms with Gasteiger partial charge in [-0.15, -0.1) is 0 Å². The zero-order chi connectivity index (χ0) is 14.2. The van der Waals surface area contributed by atoms with E-state index in [1.54, 1.807) is 0 Å². The summed E-state index contributed by atoms with van der Waals surface area (Å²) in [6, 6.07) is 3.45. The quantitative estimate of drug-likeness (QED) is 0.686. The minimum Gasteiger partial charge on any atom is -0.300 e. The van der Waals surface area contributed by atoms with Crippen LogP contribution in [0.4, 0.5) is 0 Å². The van der Waals surface area contributed by atoms with Crippen LogP contribution in [-0.4, -0.2) is 35.6 Å². The maximum absolute atomic E-state index is 9.38. The van der Waals surface area contributed by atoms with E-state index in [1.807, 2.05) is 6.92 Å². The van der Waals surface area contributed by atoms with Crippen molar-refractivity contribution in [2.24, 2.45) is 0 Å². The molecule has 0 saturated heterocycles. The van der Waals surface area contributed by atoms with Crippen molar-refractivity contribution >= 4 is 0 Å². The first kappa shape index (κ1) is 17.4. The van der Waals surface area contributed by atoms with Crippen LogP contribution in [0.1, 0.15) is 60.8 Å². The van der Waals surface area contributed by atoms with Crippen LogP contribution in [0.3, 0.4) is 0 Å². The van der Waals surface area contributed by atoms with Crippen LogP contribution in [-0.2, 0) is 0 Å². The molecule has 0 aromatic rings. The van der Waals surface area contributed by atoms with Gasteiger partial charge in [-0.1, -0.05) is 20.8 Å². The van der Waals surface area contributed by atoms with E-state index in [0.717, 1.165) is 32.4 Å². The Kier molecular flexibility index (Phi) is 8.22. The lowest BCUT2D eigenvalue weighted by atomic mass is 9.93. The average molecular weight is 253 g/mol. The van der Waals surface area contributed by atoms with E-state index >= 15 is 0 Å². The van der Waals surface area contributed by atoms with Crippen LogP contribution < -0.4 is 5.32 Å². The Labute approximate surface area is 114 Å². The van der Waals surface area contributed by atoms with Crippen LogP contribution >= 0.6 is 0 Å². The third-order valence-electron chi connectivity index (χ3n) is 3.80. The van der Waals surface area contributed by atoms with Crippen molar-refractivity contribution in [1.29, 1.82) is 5.26 Å². The SMILES string of the molecule is CCCNC(C)(C#N)CC(C)N(CC)C(C)CC. The molecule has 0 aliphatic heterocycles. The van der Waals surface area contributed by atoms with Crippen molar-refractivity contribution < 1.29 is 0 Å². The molecule has 1 N–H and O–H groups in total. The molecule has 0 radical (unpaired) electrons. The summed E-state index contributed by atoms with van der Waals surface area (Å²) in [5.41, 5.74) is -0.406. The highest BCUT2D eigenvalue weighted by atomic mass is 15.2. The van der Waals surface area contributed by atoms with Gasteiger partial charge in [-0.25, -0.2) is 0 Å². The fourth-order valence-electron chi connectivity index (χ4n) is 2.56. The van der Waals surface area contributed by atoms with E-state index in [2.05, 4.69) is 50.9 Å². The normalized spacial score (nSPS) is 18.1. The Morgan fingerprint density at radius 3 is 2.22 bits per heavy atom. The van der Waals surface area contributed by atoms with E-state index in [9.17, 15) is 5.26 Å². The first-order chi connectivity index (χ1) is 8.44. The largest absolute Gasteiger partial charge is 0.300 e. The zero-order valence-electron chi connectivity index (χ0n) is 13.1. The van der Waals surface area contributed by atoms with Gasteiger partial charge >= 0.3 is 0 Å². The number of nitriles is 1. The Morgan fingerprint density at radius 1 is 1.22 bits per heavy atom. The maximum Gasteiger partial charge on any atom is 0.105 e. The second-order valence-electron chi connectivity index (χ2n) is 5.51. The summed E-state index contributed by atoms with van der Waals surface area (Å²) in [5.74, 6) is 0. The lowest BCUT2D eigenvalue weighted by Crippen LogP contribution is -2.49. The Hall–Kier alpha value is -0.590. The zero-order valence-corrected chi connectivity index (χ0v) is 13.1. The van der Waals surface area contributed by atoms with Gasteiger partial charge in [0, 0.05) is 12.1 Å². The molecular weight excluding hydrogens is 222 g/mol. The molecule has 3 unspecified atom stereocenters. The molecule has 0 fully saturated rings. The molecule has 0 aromatic carbocycles. The minimum atomic E-state index is -0.406. The van der Waals surface area contributed by atoms with Gasteiger partial charge < -0.3 is 0 Å². The van der Waals surface area contributed by atoms with Crippen molar-refractivity contribution in [1.82, 2.24) is 10.2 Å². The average Bonchev–Trinajstić information content (AvgIpc) is 2.36. The molecule has 0 aliphatic carbocycles. The molecule has 0 amide bonds. The molecule has 0 aromatic heterocycles. The fourth-order valence-corrected chi connectivity index (χ4v) is 2.56. The van der Waals surface area contributed by atoms with E-state index in [0.29, 0.717) is 12.1 Å². The molecule has 0 heterocycles. The predicted octanol–water partition coefficient (Wildman–Crippen LogP) is 3.17. The molecule has 0 aliphatic rings. The van der Waals surface area contributed by atoms with Gasteiger partial charge in [0.1, 0.15) is 5.54 Å². The predicted molar refractivity (Wildman–Crippen MR) is 78.5 cm³/mol. The number of hydrogen-bond acceptors (Lipinski definition) is 3. The summed E-state index contributed by atoms with van der Waals surface area (Å²) < 4.78 is 0. The van der Waals surface area contributed by atoms with E-state index in [1.165, 1.54) is 0 Å². The van der Waals surface area contributed by atoms with Crippen molar-refractivity contribution in [3.63, 3.8) is 0 Å². The molecule has 3 heteroatoms. The van der Waals surface area contributed by atoms with E-state index in [-0.39, 0.29) is 0 Å². The van der Waals surface area contributed by atoms with Crippen molar-refractivity contribution in [3.05, 3.63) is 0 Å². The summed E-state index contributed by atoms with van der Waals surface area (Å²) in [4.78, 5) is 2.49. The summed E-state index contributed by atoms with van der Waals surface area (Å²) in [6.07, 6.45) is 3.10. The second-order valence-corrected chi connectivity index (χ2v) is 5.51. The second kappa shape index (κ2) is 8.50. The van der Waals surface area contributed by atoms with Crippen LogP contribution in [0.5, 0.6) is 0 Å². The van der Waals surface area contributed by atoms with E-state index in [4.69, 9.17) is 0 Å². The van der Waals surface area contributed by atoms with Gasteiger partial charge in [0.05, 0.1) is 6.07 Å². The topological polar surface area (TPSA) is 39.1 Å². The first-order valence-electron chi connectivity index (χ1n) is 7.36. The third-order valence-corrected chi connectivity index (χ3v) is 3.80. The summed E-state index contributed by atoms with van der Waals surface area (Å²) in [5, 5.41) is 12.8. The summed E-state index contributed by atoms with van der Waals surface area (Å²) >= 11 is 0. The monoisotopic (exact) mass is 253 g/mol. The highest BCUT2D eigenvalue weighted by Gasteiger charge is 2.29. The van der Waals surface area contributed by atoms with Crippen molar-refractivity contribution in [3.8, 4) is 6.07 Å². The number of nitrogens with one attached hydrogen (secondary N) is 1. The van der Waals surface area contributed by atoms with Crippen LogP contribution in [0.25, 0.3) is 0 Å². The number of hydrogen-bond donors (Lipinski definition) is 1. The Morgan fingerprint density at radius 2 is 1.83 bits per heavy atom. The Balaban J connectivity index is 4.58. The number of rotatable bonds is 9. The molecule has 0 bridgehead atoms. The van der Waals surface area contributed by atoms with Gasteiger partial charge in [-0.2, -0.15) is 5.26 Å². The Bertz CT molecular complexity index is 259. The minimum absolute atomic E-state index is 0.406. The summed E-state index contributed by atoms with van der Waals surface area (Å²) in [7, 11) is 0. The van der Waals surface area contributed by atoms with Crippen LogP contribution in [0.2, 0.25) is 0 Å². The molecule has 3 nitrogen and oxygen atoms in total. The highest BCUT2D eigenvalue weighted by Crippen LogP contribution is 2.18. The van der Waals surface area contributed by atoms with Gasteiger partial charge in [0.15, 0.2) is 0 Å². The molecule has 0 saturated carbocycles. The van der Waals surface area contributed by atoms with Crippen molar-refractivity contribution in [2.45, 2.75) is 78.4 Å². The molecular formula is C15H31N3. The maximum atomic E-state index is 9.38. The first-order valence-corrected chi connectivity index (χ1v) is 7.36. The molecule has 106 valence electrons. The summed E-state index contributed by atoms with van der Waals surface area (Å²) in [6.45, 7) is 15.0. The lowest BCUT2D eigenvalue weighted by molar-refractivity contribution is 0.135. The third kappa shape index (κ3) is 5.37. The van der Waals surface area contributed by atoms with Gasteiger partial charge in [-0.3, -0.25) is 10.2 Å².